The molecule has 0 saturated carbocycles. The summed E-state index contributed by atoms with van der Waals surface area (Å²) in [6.45, 7) is 4.25. The molecule has 142 valence electrons. The highest BCUT2D eigenvalue weighted by Crippen LogP contribution is 2.16. The normalized spacial score (nSPS) is 17.6. The van der Waals surface area contributed by atoms with Crippen LogP contribution in [0.25, 0.3) is 0 Å². The van der Waals surface area contributed by atoms with Crippen molar-refractivity contribution in [2.75, 3.05) is 19.6 Å². The van der Waals surface area contributed by atoms with Crippen LogP contribution in [0.1, 0.15) is 22.2 Å². The van der Waals surface area contributed by atoms with E-state index in [1.165, 1.54) is 23.5 Å². The third-order valence-electron chi connectivity index (χ3n) is 4.06. The van der Waals surface area contributed by atoms with E-state index < -0.39 is 10.0 Å². The van der Waals surface area contributed by atoms with Gasteiger partial charge in [-0.2, -0.15) is 0 Å². The van der Waals surface area contributed by atoms with Crippen molar-refractivity contribution in [1.82, 2.24) is 14.9 Å². The van der Waals surface area contributed by atoms with E-state index in [1.807, 2.05) is 24.4 Å². The number of carbonyl (C=O) groups is 1. The number of carbonyl (C=O) groups excluding carboxylic acids is 1. The van der Waals surface area contributed by atoms with E-state index in [0.29, 0.717) is 18.7 Å². The molecule has 0 bridgehead atoms. The number of nitrogens with zero attached hydrogens (tertiary/aromatic N) is 1. The van der Waals surface area contributed by atoms with Crippen LogP contribution in [0, 0.1) is 0 Å². The second-order valence-electron chi connectivity index (χ2n) is 6.04. The van der Waals surface area contributed by atoms with E-state index >= 15 is 0 Å². The van der Waals surface area contributed by atoms with Gasteiger partial charge in [0.2, 0.25) is 10.0 Å². The van der Waals surface area contributed by atoms with E-state index in [-0.39, 0.29) is 35.8 Å². The quantitative estimate of drug-likeness (QED) is 0.783. The molecule has 1 aromatic heterocycles. The Morgan fingerprint density at radius 2 is 2.15 bits per heavy atom. The Kier molecular flexibility index (Phi) is 7.19. The fourth-order valence-electron chi connectivity index (χ4n) is 2.76. The largest absolute Gasteiger partial charge is 0.336 e. The standard InChI is InChI=1S/C17H21N3O3S2.ClH/c1-13-12-20(8-7-18-13)17(21)14-4-2-6-16(10-14)25(22,23)19-11-15-5-3-9-24-15;/h2-6,9-10,13,18-19H,7-8,11-12H2,1H3;1H. The fourth-order valence-corrected chi connectivity index (χ4v) is 4.55. The van der Waals surface area contributed by atoms with Crippen LogP contribution in [0.2, 0.25) is 0 Å². The Bertz CT molecular complexity index is 841. The van der Waals surface area contributed by atoms with Crippen molar-refractivity contribution in [2.45, 2.75) is 24.4 Å². The number of nitrogens with one attached hydrogen (secondary N) is 2. The van der Waals surface area contributed by atoms with Crippen molar-refractivity contribution in [3.63, 3.8) is 0 Å². The summed E-state index contributed by atoms with van der Waals surface area (Å²) in [4.78, 5) is 15.5. The minimum Gasteiger partial charge on any atom is -0.336 e. The summed E-state index contributed by atoms with van der Waals surface area (Å²) in [6.07, 6.45) is 0. The summed E-state index contributed by atoms with van der Waals surface area (Å²) >= 11 is 1.49. The van der Waals surface area contributed by atoms with Gasteiger partial charge in [0.25, 0.3) is 5.91 Å². The molecule has 1 aliphatic heterocycles. The molecule has 0 aliphatic carbocycles. The average molecular weight is 416 g/mol. The van der Waals surface area contributed by atoms with Gasteiger partial charge in [0.15, 0.2) is 0 Å². The van der Waals surface area contributed by atoms with Gasteiger partial charge in [0.05, 0.1) is 4.90 Å². The molecule has 1 amide bonds. The van der Waals surface area contributed by atoms with E-state index in [0.717, 1.165) is 11.4 Å². The molecule has 2 heterocycles. The summed E-state index contributed by atoms with van der Waals surface area (Å²) in [6, 6.07) is 10.2. The lowest BCUT2D eigenvalue weighted by atomic mass is 10.1. The van der Waals surface area contributed by atoms with Crippen LogP contribution < -0.4 is 10.0 Å². The minimum atomic E-state index is -3.66. The van der Waals surface area contributed by atoms with E-state index in [1.54, 1.807) is 17.0 Å². The number of piperazine rings is 1. The number of rotatable bonds is 5. The zero-order valence-corrected chi connectivity index (χ0v) is 16.8. The summed E-state index contributed by atoms with van der Waals surface area (Å²) in [7, 11) is -3.66. The lowest BCUT2D eigenvalue weighted by Crippen LogP contribution is -2.51. The van der Waals surface area contributed by atoms with Gasteiger partial charge in [-0.1, -0.05) is 12.1 Å². The molecule has 0 spiro atoms. The molecule has 0 radical (unpaired) electrons. The van der Waals surface area contributed by atoms with Gasteiger partial charge >= 0.3 is 0 Å². The molecule has 2 N–H and O–H groups in total. The van der Waals surface area contributed by atoms with Crippen LogP contribution in [0.3, 0.4) is 0 Å². The van der Waals surface area contributed by atoms with Crippen LogP contribution in [0.5, 0.6) is 0 Å². The second kappa shape index (κ2) is 8.96. The molecule has 3 rings (SSSR count). The Hall–Kier alpha value is -1.45. The molecule has 26 heavy (non-hydrogen) atoms. The topological polar surface area (TPSA) is 78.5 Å². The van der Waals surface area contributed by atoms with Gasteiger partial charge in [-0.3, -0.25) is 4.79 Å². The molecular weight excluding hydrogens is 394 g/mol. The predicted molar refractivity (Wildman–Crippen MR) is 105 cm³/mol. The van der Waals surface area contributed by atoms with E-state index in [4.69, 9.17) is 0 Å². The third-order valence-corrected chi connectivity index (χ3v) is 6.34. The SMILES string of the molecule is CC1CN(C(=O)c2cccc(S(=O)(=O)NCc3cccs3)c2)CCN1.Cl. The number of amides is 1. The van der Waals surface area contributed by atoms with Gasteiger partial charge < -0.3 is 10.2 Å². The first-order valence-corrected chi connectivity index (χ1v) is 10.5. The van der Waals surface area contributed by atoms with Gasteiger partial charge in [0, 0.05) is 42.7 Å². The Morgan fingerprint density at radius 1 is 1.35 bits per heavy atom. The molecule has 1 unspecified atom stereocenters. The van der Waals surface area contributed by atoms with Gasteiger partial charge in [-0.05, 0) is 36.6 Å². The highest BCUT2D eigenvalue weighted by molar-refractivity contribution is 7.89. The maximum absolute atomic E-state index is 12.7. The molecule has 1 saturated heterocycles. The van der Waals surface area contributed by atoms with Gasteiger partial charge in [-0.25, -0.2) is 13.1 Å². The van der Waals surface area contributed by atoms with Crippen molar-refractivity contribution in [3.05, 3.63) is 52.2 Å². The first kappa shape index (κ1) is 20.9. The zero-order chi connectivity index (χ0) is 17.9. The lowest BCUT2D eigenvalue weighted by molar-refractivity contribution is 0.0709. The van der Waals surface area contributed by atoms with Crippen LogP contribution >= 0.6 is 23.7 Å². The van der Waals surface area contributed by atoms with Crippen molar-refractivity contribution in [2.24, 2.45) is 0 Å². The Morgan fingerprint density at radius 3 is 2.85 bits per heavy atom. The molecule has 1 fully saturated rings. The first-order valence-electron chi connectivity index (χ1n) is 8.10. The maximum atomic E-state index is 12.7. The molecule has 1 atom stereocenters. The lowest BCUT2D eigenvalue weighted by Gasteiger charge is -2.32. The Balaban J connectivity index is 0.00000243. The van der Waals surface area contributed by atoms with Crippen molar-refractivity contribution in [1.29, 1.82) is 0 Å². The summed E-state index contributed by atoms with van der Waals surface area (Å²) in [5.74, 6) is -0.136. The monoisotopic (exact) mass is 415 g/mol. The molecule has 9 heteroatoms. The highest BCUT2D eigenvalue weighted by Gasteiger charge is 2.23. The Labute approximate surface area is 164 Å². The zero-order valence-electron chi connectivity index (χ0n) is 14.3. The van der Waals surface area contributed by atoms with E-state index in [2.05, 4.69) is 10.0 Å². The average Bonchev–Trinajstić information content (AvgIpc) is 3.13. The van der Waals surface area contributed by atoms with Gasteiger partial charge in [-0.15, -0.1) is 23.7 Å². The van der Waals surface area contributed by atoms with Crippen LogP contribution in [0.4, 0.5) is 0 Å². The molecule has 1 aromatic carbocycles. The third kappa shape index (κ3) is 5.05. The van der Waals surface area contributed by atoms with Crippen molar-refractivity contribution >= 4 is 39.7 Å². The summed E-state index contributed by atoms with van der Waals surface area (Å²) in [5, 5.41) is 5.19. The number of halogens is 1. The molecule has 1 aliphatic rings. The number of benzene rings is 1. The highest BCUT2D eigenvalue weighted by atomic mass is 35.5. The van der Waals surface area contributed by atoms with Crippen LogP contribution in [-0.2, 0) is 16.6 Å². The number of sulfonamides is 1. The molecule has 2 aromatic rings. The number of thiophene rings is 1. The van der Waals surface area contributed by atoms with E-state index in [9.17, 15) is 13.2 Å². The van der Waals surface area contributed by atoms with Crippen molar-refractivity contribution < 1.29 is 13.2 Å². The number of hydrogen-bond donors (Lipinski definition) is 2. The number of hydrogen-bond acceptors (Lipinski definition) is 5. The maximum Gasteiger partial charge on any atom is 0.253 e. The second-order valence-corrected chi connectivity index (χ2v) is 8.84. The molecular formula is C17H22ClN3O3S2. The van der Waals surface area contributed by atoms with Crippen LogP contribution in [-0.4, -0.2) is 44.9 Å². The fraction of sp³-hybridized carbons (Fsp3) is 0.353. The smallest absolute Gasteiger partial charge is 0.253 e. The van der Waals surface area contributed by atoms with Crippen LogP contribution in [0.15, 0.2) is 46.7 Å². The summed E-state index contributed by atoms with van der Waals surface area (Å²) in [5.41, 5.74) is 0.396. The first-order chi connectivity index (χ1) is 12.0. The van der Waals surface area contributed by atoms with Crippen molar-refractivity contribution in [3.8, 4) is 0 Å². The summed E-state index contributed by atoms with van der Waals surface area (Å²) < 4.78 is 27.6. The predicted octanol–water partition coefficient (Wildman–Crippen LogP) is 2.08. The van der Waals surface area contributed by atoms with Gasteiger partial charge in [0.1, 0.15) is 0 Å². The minimum absolute atomic E-state index is 0. The molecule has 6 nitrogen and oxygen atoms in total.